The summed E-state index contributed by atoms with van der Waals surface area (Å²) in [5.41, 5.74) is 14.1. The van der Waals surface area contributed by atoms with Crippen LogP contribution >= 0.6 is 0 Å². The monoisotopic (exact) mass is 466 g/mol. The number of fused-ring (bicyclic) bond motifs is 9. The fraction of sp³-hybridized carbons (Fsp3) is 0.176. The predicted octanol–water partition coefficient (Wildman–Crippen LogP) is 6.65. The van der Waals surface area contributed by atoms with Gasteiger partial charge in [-0.2, -0.15) is 9.13 Å². The molecule has 0 N–H and O–H groups in total. The van der Waals surface area contributed by atoms with E-state index in [2.05, 4.69) is 120 Å². The summed E-state index contributed by atoms with van der Waals surface area (Å²) in [5.74, 6) is 0. The molecule has 3 aromatic carbocycles. The van der Waals surface area contributed by atoms with Gasteiger partial charge in [0.25, 0.3) is 0 Å². The van der Waals surface area contributed by atoms with Gasteiger partial charge in [-0.25, -0.2) is 0 Å². The van der Waals surface area contributed by atoms with Gasteiger partial charge in [-0.1, -0.05) is 60.7 Å². The van der Waals surface area contributed by atoms with Crippen LogP contribution in [0.25, 0.3) is 45.4 Å². The van der Waals surface area contributed by atoms with Crippen molar-refractivity contribution in [2.75, 3.05) is 0 Å². The van der Waals surface area contributed by atoms with Crippen molar-refractivity contribution in [2.24, 2.45) is 0 Å². The zero-order valence-corrected chi connectivity index (χ0v) is 21.0. The molecule has 2 heteroatoms. The zero-order valence-electron chi connectivity index (χ0n) is 21.0. The molecule has 0 atom stereocenters. The Morgan fingerprint density at radius 1 is 0.639 bits per heavy atom. The van der Waals surface area contributed by atoms with Crippen LogP contribution in [0.1, 0.15) is 33.4 Å². The van der Waals surface area contributed by atoms with Gasteiger partial charge < -0.3 is 0 Å². The van der Waals surface area contributed by atoms with Crippen molar-refractivity contribution in [3.8, 4) is 22.5 Å². The van der Waals surface area contributed by atoms with Gasteiger partial charge in [0.05, 0.1) is 16.5 Å². The van der Waals surface area contributed by atoms with Crippen LogP contribution in [0.3, 0.4) is 0 Å². The molecule has 0 unspecified atom stereocenters. The number of benzene rings is 3. The van der Waals surface area contributed by atoms with E-state index in [0.29, 0.717) is 0 Å². The molecule has 5 aromatic rings. The van der Waals surface area contributed by atoms with Crippen molar-refractivity contribution in [1.29, 1.82) is 0 Å². The fourth-order valence-corrected chi connectivity index (χ4v) is 6.30. The molecule has 7 rings (SSSR count). The van der Waals surface area contributed by atoms with Gasteiger partial charge in [-0.05, 0) is 58.7 Å². The second-order valence-corrected chi connectivity index (χ2v) is 10.2. The minimum Gasteiger partial charge on any atom is -0.198 e. The van der Waals surface area contributed by atoms with Crippen LogP contribution in [0.4, 0.5) is 0 Å². The van der Waals surface area contributed by atoms with Gasteiger partial charge in [0.1, 0.15) is 0 Å². The molecule has 0 fully saturated rings. The number of hydrogen-bond donors (Lipinski definition) is 0. The van der Waals surface area contributed by atoms with Crippen molar-refractivity contribution in [2.45, 2.75) is 39.8 Å². The summed E-state index contributed by atoms with van der Waals surface area (Å²) in [6.45, 7) is 6.75. The number of aromatic nitrogens is 2. The Bertz CT molecular complexity index is 1690. The third-order valence-electron chi connectivity index (χ3n) is 8.28. The Labute approximate surface area is 212 Å². The first-order valence-corrected chi connectivity index (χ1v) is 13.0. The lowest BCUT2D eigenvalue weighted by Gasteiger charge is -2.27. The maximum Gasteiger partial charge on any atom is 0.221 e. The Morgan fingerprint density at radius 2 is 1.31 bits per heavy atom. The Balaban J connectivity index is 1.50. The van der Waals surface area contributed by atoms with Crippen LogP contribution in [0.5, 0.6) is 0 Å². The third-order valence-corrected chi connectivity index (χ3v) is 8.28. The molecule has 0 saturated heterocycles. The van der Waals surface area contributed by atoms with Crippen LogP contribution in [-0.2, 0) is 25.9 Å². The van der Waals surface area contributed by atoms with E-state index in [9.17, 15) is 0 Å². The maximum atomic E-state index is 2.48. The molecule has 0 radical (unpaired) electrons. The first-order chi connectivity index (χ1) is 17.7. The van der Waals surface area contributed by atoms with E-state index in [1.54, 1.807) is 0 Å². The van der Waals surface area contributed by atoms with E-state index in [1.165, 1.54) is 66.7 Å². The standard InChI is InChI=1S/C34H30N2/c1-23-24(2)29-17-21-36-19-15-27-10-6-7-11-30(27)34(36)33(29)32-28(23)16-20-35-18-14-26(22-31(32)35)13-12-25-8-4-3-5-9-25/h3-15,18-19,22H,16-17,20-21H2,1-2H3/q+2/b13-12+. The molecule has 0 aliphatic carbocycles. The average Bonchev–Trinajstić information content (AvgIpc) is 2.94. The van der Waals surface area contributed by atoms with E-state index in [4.69, 9.17) is 0 Å². The zero-order chi connectivity index (χ0) is 24.2. The van der Waals surface area contributed by atoms with Gasteiger partial charge in [-0.15, -0.1) is 0 Å². The smallest absolute Gasteiger partial charge is 0.198 e. The molecule has 0 bridgehead atoms. The van der Waals surface area contributed by atoms with E-state index < -0.39 is 0 Å². The first-order valence-electron chi connectivity index (χ1n) is 13.0. The first kappa shape index (κ1) is 21.3. The Morgan fingerprint density at radius 3 is 2.14 bits per heavy atom. The number of rotatable bonds is 2. The number of nitrogens with zero attached hydrogens (tertiary/aromatic N) is 2. The molecule has 2 aromatic heterocycles. The fourth-order valence-electron chi connectivity index (χ4n) is 6.30. The van der Waals surface area contributed by atoms with Crippen molar-refractivity contribution in [1.82, 2.24) is 0 Å². The second-order valence-electron chi connectivity index (χ2n) is 10.2. The van der Waals surface area contributed by atoms with Crippen molar-refractivity contribution in [3.05, 3.63) is 119 Å². The van der Waals surface area contributed by atoms with E-state index >= 15 is 0 Å². The second kappa shape index (κ2) is 8.27. The molecule has 4 heterocycles. The highest BCUT2D eigenvalue weighted by molar-refractivity contribution is 5.99. The van der Waals surface area contributed by atoms with E-state index in [0.717, 1.165) is 25.9 Å². The lowest BCUT2D eigenvalue weighted by atomic mass is 9.79. The lowest BCUT2D eigenvalue weighted by molar-refractivity contribution is -0.689. The summed E-state index contributed by atoms with van der Waals surface area (Å²) in [4.78, 5) is 0. The minimum atomic E-state index is 1.03. The molecular weight excluding hydrogens is 436 g/mol. The van der Waals surface area contributed by atoms with Gasteiger partial charge in [0.2, 0.25) is 11.4 Å². The third kappa shape index (κ3) is 3.25. The Kier molecular flexibility index (Phi) is 4.89. The van der Waals surface area contributed by atoms with Gasteiger partial charge in [0.15, 0.2) is 25.5 Å². The quantitative estimate of drug-likeness (QED) is 0.257. The molecule has 36 heavy (non-hydrogen) atoms. The molecule has 0 amide bonds. The predicted molar refractivity (Wildman–Crippen MR) is 147 cm³/mol. The highest BCUT2D eigenvalue weighted by atomic mass is 15.0. The van der Waals surface area contributed by atoms with Gasteiger partial charge in [0, 0.05) is 31.0 Å². The number of aryl methyl sites for hydroxylation is 2. The molecule has 0 saturated carbocycles. The average molecular weight is 467 g/mol. The summed E-state index contributed by atoms with van der Waals surface area (Å²) in [6.07, 6.45) is 11.2. The van der Waals surface area contributed by atoms with E-state index in [-0.39, 0.29) is 0 Å². The summed E-state index contributed by atoms with van der Waals surface area (Å²) >= 11 is 0. The number of pyridine rings is 2. The normalized spacial score (nSPS) is 13.8. The van der Waals surface area contributed by atoms with Crippen LogP contribution in [0.15, 0.2) is 85.2 Å². The summed E-state index contributed by atoms with van der Waals surface area (Å²) in [5, 5.41) is 2.66. The highest BCUT2D eigenvalue weighted by Gasteiger charge is 2.37. The summed E-state index contributed by atoms with van der Waals surface area (Å²) in [6, 6.07) is 26.3. The van der Waals surface area contributed by atoms with Crippen molar-refractivity contribution in [3.63, 3.8) is 0 Å². The van der Waals surface area contributed by atoms with Crippen molar-refractivity contribution >= 4 is 22.9 Å². The Hall–Kier alpha value is -4.04. The molecule has 2 aliphatic rings. The largest absolute Gasteiger partial charge is 0.221 e. The van der Waals surface area contributed by atoms with Gasteiger partial charge in [-0.3, -0.25) is 0 Å². The van der Waals surface area contributed by atoms with Crippen LogP contribution in [0.2, 0.25) is 0 Å². The lowest BCUT2D eigenvalue weighted by Crippen LogP contribution is -2.43. The van der Waals surface area contributed by atoms with Crippen molar-refractivity contribution < 1.29 is 9.13 Å². The maximum absolute atomic E-state index is 2.48. The van der Waals surface area contributed by atoms with Crippen LogP contribution in [-0.4, -0.2) is 0 Å². The molecule has 0 spiro atoms. The summed E-state index contributed by atoms with van der Waals surface area (Å²) in [7, 11) is 0. The topological polar surface area (TPSA) is 7.76 Å². The summed E-state index contributed by atoms with van der Waals surface area (Å²) < 4.78 is 4.94. The van der Waals surface area contributed by atoms with E-state index in [1.807, 2.05) is 0 Å². The van der Waals surface area contributed by atoms with Crippen LogP contribution < -0.4 is 9.13 Å². The SMILES string of the molecule is Cc1c(C)c2c(c3c1CC[n+]1ccc(/C=C/c4ccccc4)cc1-3)-c1c3ccccc3cc[n+]1CC2. The molecule has 2 nitrogen and oxygen atoms in total. The minimum absolute atomic E-state index is 1.03. The highest BCUT2D eigenvalue weighted by Crippen LogP contribution is 2.44. The molecule has 2 aliphatic heterocycles. The molecule has 174 valence electrons. The number of hydrogen-bond acceptors (Lipinski definition) is 0. The van der Waals surface area contributed by atoms with Crippen LogP contribution in [0, 0.1) is 13.8 Å². The van der Waals surface area contributed by atoms with Gasteiger partial charge >= 0.3 is 0 Å². The molecular formula is C34H30N2+2.